The Hall–Kier alpha value is 0.150. The average molecular weight is 181 g/mol. The molecule has 0 aliphatic rings. The smallest absolute Gasteiger partial charge is 0.175 e. The highest BCUT2D eigenvalue weighted by Gasteiger charge is 2.02. The van der Waals surface area contributed by atoms with E-state index < -0.39 is 5.08 Å². The molecule has 0 fully saturated rings. The SMILES string of the molecule is C=C(CCC)C(F)Br. The molecular formula is C6H10BrF. The fourth-order valence-corrected chi connectivity index (χ4v) is 0.659. The minimum Gasteiger partial charge on any atom is -0.230 e. The molecule has 0 rings (SSSR count). The molecule has 0 aliphatic heterocycles. The highest BCUT2D eigenvalue weighted by Crippen LogP contribution is 2.15. The number of hydrogen-bond donors (Lipinski definition) is 0. The Morgan fingerprint density at radius 1 is 1.88 bits per heavy atom. The summed E-state index contributed by atoms with van der Waals surface area (Å²) in [5.74, 6) is 0. The van der Waals surface area contributed by atoms with Gasteiger partial charge in [-0.25, -0.2) is 4.39 Å². The number of halogens is 2. The molecule has 0 amide bonds. The molecule has 0 radical (unpaired) electrons. The topological polar surface area (TPSA) is 0 Å². The predicted octanol–water partition coefficient (Wildman–Crippen LogP) is 3.03. The van der Waals surface area contributed by atoms with E-state index in [0.717, 1.165) is 12.8 Å². The van der Waals surface area contributed by atoms with E-state index in [4.69, 9.17) is 0 Å². The maximum atomic E-state index is 12.1. The van der Waals surface area contributed by atoms with Crippen LogP contribution in [0.15, 0.2) is 12.2 Å². The van der Waals surface area contributed by atoms with Crippen LogP contribution in [0.3, 0.4) is 0 Å². The molecule has 0 aromatic rings. The quantitative estimate of drug-likeness (QED) is 0.463. The van der Waals surface area contributed by atoms with Crippen molar-refractivity contribution < 1.29 is 4.39 Å². The van der Waals surface area contributed by atoms with Gasteiger partial charge in [0.2, 0.25) is 0 Å². The van der Waals surface area contributed by atoms with Gasteiger partial charge in [0.05, 0.1) is 0 Å². The number of allylic oxidation sites excluding steroid dienone is 1. The molecule has 0 aromatic heterocycles. The molecule has 0 spiro atoms. The van der Waals surface area contributed by atoms with Crippen LogP contribution in [0, 0.1) is 0 Å². The maximum Gasteiger partial charge on any atom is 0.175 e. The number of rotatable bonds is 3. The van der Waals surface area contributed by atoms with Crippen LogP contribution in [-0.4, -0.2) is 5.08 Å². The van der Waals surface area contributed by atoms with Crippen LogP contribution in [0.25, 0.3) is 0 Å². The van der Waals surface area contributed by atoms with Crippen LogP contribution in [0.2, 0.25) is 0 Å². The third kappa shape index (κ3) is 3.19. The van der Waals surface area contributed by atoms with Gasteiger partial charge in [-0.2, -0.15) is 0 Å². The summed E-state index contributed by atoms with van der Waals surface area (Å²) >= 11 is 2.77. The molecule has 48 valence electrons. The van der Waals surface area contributed by atoms with Crippen molar-refractivity contribution in [3.05, 3.63) is 12.2 Å². The van der Waals surface area contributed by atoms with Crippen molar-refractivity contribution in [1.82, 2.24) is 0 Å². The van der Waals surface area contributed by atoms with Crippen molar-refractivity contribution in [2.75, 3.05) is 0 Å². The standard InChI is InChI=1S/C6H10BrF/c1-3-4-5(2)6(7)8/h6H,2-4H2,1H3. The molecule has 0 saturated heterocycles. The first-order valence-corrected chi connectivity index (χ1v) is 3.56. The van der Waals surface area contributed by atoms with Gasteiger partial charge in [0.1, 0.15) is 0 Å². The minimum atomic E-state index is -1.01. The first-order chi connectivity index (χ1) is 3.68. The van der Waals surface area contributed by atoms with Crippen LogP contribution in [0.1, 0.15) is 19.8 Å². The van der Waals surface area contributed by atoms with Crippen LogP contribution in [-0.2, 0) is 0 Å². The van der Waals surface area contributed by atoms with E-state index in [0.29, 0.717) is 5.57 Å². The maximum absolute atomic E-state index is 12.1. The predicted molar refractivity (Wildman–Crippen MR) is 37.9 cm³/mol. The summed E-state index contributed by atoms with van der Waals surface area (Å²) < 4.78 is 12.1. The van der Waals surface area contributed by atoms with Crippen molar-refractivity contribution >= 4 is 15.9 Å². The molecule has 8 heavy (non-hydrogen) atoms. The zero-order valence-corrected chi connectivity index (χ0v) is 6.54. The second kappa shape index (κ2) is 4.07. The summed E-state index contributed by atoms with van der Waals surface area (Å²) in [6.07, 6.45) is 1.73. The van der Waals surface area contributed by atoms with Gasteiger partial charge < -0.3 is 0 Å². The van der Waals surface area contributed by atoms with Gasteiger partial charge in [-0.15, -0.1) is 0 Å². The van der Waals surface area contributed by atoms with Crippen molar-refractivity contribution in [2.45, 2.75) is 24.8 Å². The van der Waals surface area contributed by atoms with Crippen molar-refractivity contribution in [2.24, 2.45) is 0 Å². The fraction of sp³-hybridized carbons (Fsp3) is 0.667. The molecule has 2 heteroatoms. The Morgan fingerprint density at radius 3 is 2.50 bits per heavy atom. The molecule has 0 nitrogen and oxygen atoms in total. The molecule has 0 heterocycles. The van der Waals surface area contributed by atoms with E-state index in [2.05, 4.69) is 22.5 Å². The molecule has 0 saturated carbocycles. The van der Waals surface area contributed by atoms with Crippen molar-refractivity contribution in [3.63, 3.8) is 0 Å². The van der Waals surface area contributed by atoms with Gasteiger partial charge in [0.25, 0.3) is 0 Å². The van der Waals surface area contributed by atoms with Crippen LogP contribution in [0.4, 0.5) is 4.39 Å². The highest BCUT2D eigenvalue weighted by atomic mass is 79.9. The van der Waals surface area contributed by atoms with Gasteiger partial charge >= 0.3 is 0 Å². The summed E-state index contributed by atoms with van der Waals surface area (Å²) in [6.45, 7) is 5.52. The molecule has 0 N–H and O–H groups in total. The van der Waals surface area contributed by atoms with E-state index >= 15 is 0 Å². The number of alkyl halides is 2. The first-order valence-electron chi connectivity index (χ1n) is 2.64. The molecule has 1 unspecified atom stereocenters. The highest BCUT2D eigenvalue weighted by molar-refractivity contribution is 9.09. The Kier molecular flexibility index (Phi) is 4.15. The summed E-state index contributed by atoms with van der Waals surface area (Å²) in [4.78, 5) is 0. The Morgan fingerprint density at radius 2 is 2.38 bits per heavy atom. The lowest BCUT2D eigenvalue weighted by Crippen LogP contribution is -1.90. The second-order valence-electron chi connectivity index (χ2n) is 1.71. The fourth-order valence-electron chi connectivity index (χ4n) is 0.430. The lowest BCUT2D eigenvalue weighted by molar-refractivity contribution is 0.498. The van der Waals surface area contributed by atoms with Crippen LogP contribution < -0.4 is 0 Å². The van der Waals surface area contributed by atoms with Gasteiger partial charge in [0.15, 0.2) is 5.08 Å². The zero-order valence-electron chi connectivity index (χ0n) is 4.95. The van der Waals surface area contributed by atoms with E-state index in [1.165, 1.54) is 0 Å². The average Bonchev–Trinajstić information content (AvgIpc) is 1.67. The zero-order chi connectivity index (χ0) is 6.57. The Bertz CT molecular complexity index is 78.6. The van der Waals surface area contributed by atoms with Gasteiger partial charge in [-0.1, -0.05) is 19.9 Å². The molecule has 1 atom stereocenters. The summed E-state index contributed by atoms with van der Waals surface area (Å²) in [7, 11) is 0. The first kappa shape index (κ1) is 8.15. The third-order valence-corrected chi connectivity index (χ3v) is 1.53. The van der Waals surface area contributed by atoms with Crippen molar-refractivity contribution in [1.29, 1.82) is 0 Å². The monoisotopic (exact) mass is 180 g/mol. The van der Waals surface area contributed by atoms with E-state index in [-0.39, 0.29) is 0 Å². The second-order valence-corrected chi connectivity index (χ2v) is 2.51. The summed E-state index contributed by atoms with van der Waals surface area (Å²) in [5, 5.41) is -1.01. The Balaban J connectivity index is 3.33. The van der Waals surface area contributed by atoms with E-state index in [9.17, 15) is 4.39 Å². The lowest BCUT2D eigenvalue weighted by atomic mass is 10.2. The Labute approximate surface area is 57.9 Å². The summed E-state index contributed by atoms with van der Waals surface area (Å²) in [5.41, 5.74) is 0.632. The van der Waals surface area contributed by atoms with Gasteiger partial charge in [-0.05, 0) is 27.9 Å². The van der Waals surface area contributed by atoms with Crippen LogP contribution in [0.5, 0.6) is 0 Å². The third-order valence-electron chi connectivity index (χ3n) is 0.880. The van der Waals surface area contributed by atoms with Crippen molar-refractivity contribution in [3.8, 4) is 0 Å². The normalized spacial score (nSPS) is 13.4. The molecule has 0 aliphatic carbocycles. The molecule has 0 bridgehead atoms. The van der Waals surface area contributed by atoms with E-state index in [1.807, 2.05) is 6.92 Å². The summed E-state index contributed by atoms with van der Waals surface area (Å²) in [6, 6.07) is 0. The largest absolute Gasteiger partial charge is 0.230 e. The lowest BCUT2D eigenvalue weighted by Gasteiger charge is -2.00. The number of hydrogen-bond acceptors (Lipinski definition) is 0. The minimum absolute atomic E-state index is 0.632. The van der Waals surface area contributed by atoms with E-state index in [1.54, 1.807) is 0 Å². The molecular weight excluding hydrogens is 171 g/mol. The van der Waals surface area contributed by atoms with Crippen LogP contribution >= 0.6 is 15.9 Å². The van der Waals surface area contributed by atoms with Gasteiger partial charge in [-0.3, -0.25) is 0 Å². The molecule has 0 aromatic carbocycles. The van der Waals surface area contributed by atoms with Gasteiger partial charge in [0, 0.05) is 0 Å².